The summed E-state index contributed by atoms with van der Waals surface area (Å²) in [6.45, 7) is 6.78. The number of hydrogen-bond donors (Lipinski definition) is 0. The quantitative estimate of drug-likeness (QED) is 0.117. The molecule has 0 N–H and O–H groups in total. The van der Waals surface area contributed by atoms with E-state index in [4.69, 9.17) is 4.98 Å². The number of aryl methyl sites for hydroxylation is 1. The molecule has 0 spiro atoms. The SMILES string of the molecule is CCCCc1nc2ccc(C(C)C)cc2c(=O)n1Cc1ccc(-c2ccc(F)cc2-c2nnnn2C(c2ccccc2)(c2ccccc2)c2ccccc2)cc1. The molecule has 0 saturated heterocycles. The summed E-state index contributed by atoms with van der Waals surface area (Å²) in [4.78, 5) is 19.1. The van der Waals surface area contributed by atoms with E-state index in [1.165, 1.54) is 12.1 Å². The Bertz CT molecular complexity index is 2560. The van der Waals surface area contributed by atoms with E-state index < -0.39 is 11.4 Å². The van der Waals surface area contributed by atoms with Gasteiger partial charge in [0.2, 0.25) is 0 Å². The van der Waals surface area contributed by atoms with E-state index in [9.17, 15) is 4.79 Å². The van der Waals surface area contributed by atoms with Gasteiger partial charge in [0.1, 0.15) is 17.2 Å². The summed E-state index contributed by atoms with van der Waals surface area (Å²) in [5.41, 5.74) is 6.81. The number of halogens is 1. The number of hydrogen-bond acceptors (Lipinski definition) is 5. The number of rotatable bonds is 12. The first-order valence-electron chi connectivity index (χ1n) is 19.3. The lowest BCUT2D eigenvalue weighted by Crippen LogP contribution is -2.39. The van der Waals surface area contributed by atoms with Crippen LogP contribution in [0.15, 0.2) is 156 Å². The van der Waals surface area contributed by atoms with Gasteiger partial charge in [-0.15, -0.1) is 5.10 Å². The summed E-state index contributed by atoms with van der Waals surface area (Å²) in [7, 11) is 0. The van der Waals surface area contributed by atoms with Gasteiger partial charge in [0.25, 0.3) is 5.56 Å². The Balaban J connectivity index is 1.24. The summed E-state index contributed by atoms with van der Waals surface area (Å²) < 4.78 is 19.0. The first-order chi connectivity index (χ1) is 27.4. The van der Waals surface area contributed by atoms with Gasteiger partial charge in [0.15, 0.2) is 5.82 Å². The second-order valence-corrected chi connectivity index (χ2v) is 14.6. The predicted molar refractivity (Wildman–Crippen MR) is 221 cm³/mol. The highest BCUT2D eigenvalue weighted by Crippen LogP contribution is 2.43. The first-order valence-corrected chi connectivity index (χ1v) is 19.3. The molecular weight excluding hydrogens is 696 g/mol. The van der Waals surface area contributed by atoms with Gasteiger partial charge in [-0.2, -0.15) is 0 Å². The third-order valence-electron chi connectivity index (χ3n) is 10.7. The summed E-state index contributed by atoms with van der Waals surface area (Å²) in [5.74, 6) is 1.10. The van der Waals surface area contributed by atoms with Crippen LogP contribution in [0.25, 0.3) is 33.4 Å². The monoisotopic (exact) mass is 738 g/mol. The molecule has 0 aliphatic carbocycles. The molecule has 7 nitrogen and oxygen atoms in total. The van der Waals surface area contributed by atoms with Crippen LogP contribution in [0.4, 0.5) is 4.39 Å². The minimum absolute atomic E-state index is 0.0286. The molecule has 0 radical (unpaired) electrons. The number of nitrogens with zero attached hydrogens (tertiary/aromatic N) is 6. The fourth-order valence-electron chi connectivity index (χ4n) is 7.74. The van der Waals surface area contributed by atoms with Crippen LogP contribution in [0, 0.1) is 5.82 Å². The van der Waals surface area contributed by atoms with Crippen molar-refractivity contribution in [3.8, 4) is 22.5 Å². The van der Waals surface area contributed by atoms with Gasteiger partial charge in [0, 0.05) is 12.0 Å². The van der Waals surface area contributed by atoms with Crippen molar-refractivity contribution in [1.82, 2.24) is 29.8 Å². The van der Waals surface area contributed by atoms with Gasteiger partial charge in [-0.05, 0) is 86.0 Å². The molecule has 0 amide bonds. The van der Waals surface area contributed by atoms with E-state index in [1.807, 2.05) is 100 Å². The average molecular weight is 739 g/mol. The zero-order chi connectivity index (χ0) is 38.6. The molecule has 0 aliphatic rings. The van der Waals surface area contributed by atoms with Crippen LogP contribution in [-0.4, -0.2) is 29.8 Å². The van der Waals surface area contributed by atoms with Crippen LogP contribution in [0.5, 0.6) is 0 Å². The molecule has 56 heavy (non-hydrogen) atoms. The van der Waals surface area contributed by atoms with E-state index >= 15 is 4.39 Å². The highest BCUT2D eigenvalue weighted by molar-refractivity contribution is 5.81. The van der Waals surface area contributed by atoms with Gasteiger partial charge in [-0.3, -0.25) is 9.36 Å². The van der Waals surface area contributed by atoms with E-state index in [0.29, 0.717) is 29.2 Å². The topological polar surface area (TPSA) is 78.5 Å². The van der Waals surface area contributed by atoms with E-state index in [0.717, 1.165) is 69.5 Å². The summed E-state index contributed by atoms with van der Waals surface area (Å²) >= 11 is 0. The van der Waals surface area contributed by atoms with Crippen LogP contribution in [0.2, 0.25) is 0 Å². The van der Waals surface area contributed by atoms with E-state index in [1.54, 1.807) is 6.07 Å². The highest BCUT2D eigenvalue weighted by atomic mass is 19.1. The maximum Gasteiger partial charge on any atom is 0.261 e. The average Bonchev–Trinajstić information content (AvgIpc) is 3.73. The van der Waals surface area contributed by atoms with Gasteiger partial charge in [0.05, 0.1) is 17.4 Å². The molecule has 8 rings (SSSR count). The minimum atomic E-state index is -0.997. The molecule has 2 aromatic heterocycles. The number of unbranched alkanes of at least 4 members (excludes halogenated alkanes) is 1. The summed E-state index contributed by atoms with van der Waals surface area (Å²) in [5, 5.41) is 14.2. The number of fused-ring (bicyclic) bond motifs is 1. The van der Waals surface area contributed by atoms with E-state index in [-0.39, 0.29) is 5.56 Å². The Morgan fingerprint density at radius 2 is 1.34 bits per heavy atom. The largest absolute Gasteiger partial charge is 0.292 e. The summed E-state index contributed by atoms with van der Waals surface area (Å²) in [6, 6.07) is 49.3. The fraction of sp³-hybridized carbons (Fsp3) is 0.188. The molecule has 6 aromatic carbocycles. The van der Waals surface area contributed by atoms with Crippen molar-refractivity contribution in [2.75, 3.05) is 0 Å². The molecule has 0 saturated carbocycles. The molecule has 0 aliphatic heterocycles. The third-order valence-corrected chi connectivity index (χ3v) is 10.7. The number of tetrazole rings is 1. The Morgan fingerprint density at radius 1 is 0.714 bits per heavy atom. The van der Waals surface area contributed by atoms with Gasteiger partial charge in [-0.25, -0.2) is 14.1 Å². The molecule has 8 aromatic rings. The smallest absolute Gasteiger partial charge is 0.261 e. The molecular formula is C48H43FN6O. The zero-order valence-electron chi connectivity index (χ0n) is 31.8. The van der Waals surface area contributed by atoms with Crippen molar-refractivity contribution in [2.24, 2.45) is 0 Å². The third kappa shape index (κ3) is 6.72. The Kier molecular flexibility index (Phi) is 10.2. The second kappa shape index (κ2) is 15.7. The van der Waals surface area contributed by atoms with Crippen LogP contribution in [-0.2, 0) is 18.5 Å². The lowest BCUT2D eigenvalue weighted by atomic mass is 9.77. The van der Waals surface area contributed by atoms with Gasteiger partial charge in [-0.1, -0.05) is 155 Å². The Labute approximate surface area is 326 Å². The van der Waals surface area contributed by atoms with E-state index in [2.05, 4.69) is 78.8 Å². The van der Waals surface area contributed by atoms with Crippen LogP contribution >= 0.6 is 0 Å². The van der Waals surface area contributed by atoms with Crippen molar-refractivity contribution in [2.45, 2.75) is 58.0 Å². The van der Waals surface area contributed by atoms with Crippen LogP contribution < -0.4 is 5.56 Å². The lowest BCUT2D eigenvalue weighted by molar-refractivity contribution is 0.451. The lowest BCUT2D eigenvalue weighted by Gasteiger charge is -2.36. The number of benzene rings is 6. The van der Waals surface area contributed by atoms with Crippen molar-refractivity contribution < 1.29 is 4.39 Å². The summed E-state index contributed by atoms with van der Waals surface area (Å²) in [6.07, 6.45) is 2.66. The fourth-order valence-corrected chi connectivity index (χ4v) is 7.74. The Morgan fingerprint density at radius 3 is 1.93 bits per heavy atom. The van der Waals surface area contributed by atoms with Crippen molar-refractivity contribution >= 4 is 10.9 Å². The van der Waals surface area contributed by atoms with Crippen LogP contribution in [0.3, 0.4) is 0 Å². The zero-order valence-corrected chi connectivity index (χ0v) is 31.8. The number of aromatic nitrogens is 6. The second-order valence-electron chi connectivity index (χ2n) is 14.6. The van der Waals surface area contributed by atoms with Crippen molar-refractivity contribution in [3.05, 3.63) is 201 Å². The molecule has 0 atom stereocenters. The predicted octanol–water partition coefficient (Wildman–Crippen LogP) is 10.2. The molecule has 0 fully saturated rings. The maximum atomic E-state index is 15.4. The van der Waals surface area contributed by atoms with Gasteiger partial charge >= 0.3 is 0 Å². The minimum Gasteiger partial charge on any atom is -0.292 e. The van der Waals surface area contributed by atoms with Crippen molar-refractivity contribution in [1.29, 1.82) is 0 Å². The van der Waals surface area contributed by atoms with Crippen LogP contribution in [0.1, 0.15) is 73.2 Å². The van der Waals surface area contributed by atoms with Gasteiger partial charge < -0.3 is 0 Å². The molecule has 0 bridgehead atoms. The van der Waals surface area contributed by atoms with Crippen molar-refractivity contribution in [3.63, 3.8) is 0 Å². The molecule has 0 unspecified atom stereocenters. The normalized spacial score (nSPS) is 11.7. The molecule has 2 heterocycles. The maximum absolute atomic E-state index is 15.4. The highest BCUT2D eigenvalue weighted by Gasteiger charge is 2.42. The first kappa shape index (κ1) is 36.4. The standard InChI is InChI=1S/C48H43FN6O/c1-4-5-21-45-50-44-29-26-36(33(2)3)30-43(44)47(56)54(45)32-34-22-24-35(25-23-34)41-28-27-40(49)31-42(41)46-51-52-53-55(46)48(37-15-9-6-10-16-37,38-17-11-7-12-18-38)39-19-13-8-14-20-39/h6-20,22-31,33H,4-5,21,32H2,1-3H3. The Hall–Kier alpha value is -6.54. The molecule has 8 heteroatoms. The molecule has 278 valence electrons.